The molecule has 0 unspecified atom stereocenters. The van der Waals surface area contributed by atoms with E-state index >= 15 is 0 Å². The van der Waals surface area contributed by atoms with Crippen molar-refractivity contribution in [2.45, 2.75) is 5.88 Å². The fraction of sp³-hybridized carbons (Fsp3) is 0.0909. The van der Waals surface area contributed by atoms with Crippen molar-refractivity contribution in [2.75, 3.05) is 0 Å². The lowest BCUT2D eigenvalue weighted by molar-refractivity contribution is 0.457. The van der Waals surface area contributed by atoms with Crippen LogP contribution in [0.3, 0.4) is 0 Å². The molecule has 17 heavy (non-hydrogen) atoms. The molecule has 3 nitrogen and oxygen atoms in total. The minimum Gasteiger partial charge on any atom is -0.437 e. The molecule has 0 aliphatic carbocycles. The second-order valence-corrected chi connectivity index (χ2v) is 4.28. The van der Waals surface area contributed by atoms with Gasteiger partial charge in [-0.1, -0.05) is 0 Å². The van der Waals surface area contributed by atoms with E-state index in [1.165, 1.54) is 30.6 Å². The molecule has 0 aliphatic heterocycles. The lowest BCUT2D eigenvalue weighted by Gasteiger charge is -2.05. The van der Waals surface area contributed by atoms with Crippen LogP contribution in [0.2, 0.25) is 0 Å². The minimum atomic E-state index is -0.346. The monoisotopic (exact) mass is 316 g/mol. The molecule has 1 aromatic carbocycles. The van der Waals surface area contributed by atoms with Gasteiger partial charge in [0.1, 0.15) is 11.6 Å². The maximum atomic E-state index is 13.0. The molecule has 0 fully saturated rings. The van der Waals surface area contributed by atoms with Gasteiger partial charge in [0.15, 0.2) is 0 Å². The Balaban J connectivity index is 2.16. The van der Waals surface area contributed by atoms with Crippen LogP contribution in [0, 0.1) is 5.82 Å². The molecular formula is C11H7BrClFN2O. The van der Waals surface area contributed by atoms with Crippen LogP contribution in [0.4, 0.5) is 4.39 Å². The van der Waals surface area contributed by atoms with Crippen molar-refractivity contribution in [3.05, 3.63) is 46.6 Å². The molecule has 1 aromatic heterocycles. The van der Waals surface area contributed by atoms with Gasteiger partial charge in [-0.15, -0.1) is 11.6 Å². The van der Waals surface area contributed by atoms with Crippen LogP contribution in [-0.2, 0) is 5.88 Å². The topological polar surface area (TPSA) is 35.0 Å². The number of benzene rings is 1. The summed E-state index contributed by atoms with van der Waals surface area (Å²) in [6.07, 6.45) is 3.00. The highest BCUT2D eigenvalue weighted by Crippen LogP contribution is 2.24. The zero-order valence-electron chi connectivity index (χ0n) is 8.53. The fourth-order valence-electron chi connectivity index (χ4n) is 1.13. The molecule has 88 valence electrons. The Kier molecular flexibility index (Phi) is 3.91. The van der Waals surface area contributed by atoms with E-state index in [0.717, 1.165) is 0 Å². The first-order chi connectivity index (χ1) is 8.19. The van der Waals surface area contributed by atoms with Gasteiger partial charge < -0.3 is 4.74 Å². The van der Waals surface area contributed by atoms with Crippen molar-refractivity contribution in [3.63, 3.8) is 0 Å². The van der Waals surface area contributed by atoms with E-state index in [2.05, 4.69) is 25.9 Å². The zero-order valence-corrected chi connectivity index (χ0v) is 10.9. The standard InChI is InChI=1S/C11H7BrClFN2O/c12-9-3-8(1-2-10(9)14)17-11-6-15-7(4-13)5-16-11/h1-3,5-6H,4H2. The number of ether oxygens (including phenoxy) is 1. The molecule has 1 heterocycles. The van der Waals surface area contributed by atoms with E-state index in [-0.39, 0.29) is 5.82 Å². The third-order valence-electron chi connectivity index (χ3n) is 1.93. The molecule has 0 atom stereocenters. The van der Waals surface area contributed by atoms with E-state index < -0.39 is 0 Å². The van der Waals surface area contributed by atoms with Gasteiger partial charge >= 0.3 is 0 Å². The summed E-state index contributed by atoms with van der Waals surface area (Å²) in [4.78, 5) is 8.05. The summed E-state index contributed by atoms with van der Waals surface area (Å²) >= 11 is 8.66. The van der Waals surface area contributed by atoms with Gasteiger partial charge in [-0.05, 0) is 34.1 Å². The van der Waals surface area contributed by atoms with E-state index in [9.17, 15) is 4.39 Å². The van der Waals surface area contributed by atoms with Gasteiger partial charge in [-0.25, -0.2) is 9.37 Å². The van der Waals surface area contributed by atoms with E-state index in [0.29, 0.717) is 27.7 Å². The summed E-state index contributed by atoms with van der Waals surface area (Å²) in [7, 11) is 0. The highest BCUT2D eigenvalue weighted by molar-refractivity contribution is 9.10. The third-order valence-corrected chi connectivity index (χ3v) is 2.81. The SMILES string of the molecule is Fc1ccc(Oc2cnc(CCl)cn2)cc1Br. The second kappa shape index (κ2) is 5.42. The van der Waals surface area contributed by atoms with E-state index in [1.54, 1.807) is 0 Å². The van der Waals surface area contributed by atoms with Crippen LogP contribution in [-0.4, -0.2) is 9.97 Å². The molecule has 0 saturated heterocycles. The Bertz CT molecular complexity index is 521. The summed E-state index contributed by atoms with van der Waals surface area (Å²) in [5.74, 6) is 0.763. The maximum Gasteiger partial charge on any atom is 0.237 e. The number of aromatic nitrogens is 2. The van der Waals surface area contributed by atoms with Gasteiger partial charge in [0.05, 0.1) is 28.4 Å². The Hall–Kier alpha value is -1.20. The normalized spacial score (nSPS) is 10.3. The van der Waals surface area contributed by atoms with Gasteiger partial charge in [0.25, 0.3) is 0 Å². The zero-order chi connectivity index (χ0) is 12.3. The van der Waals surface area contributed by atoms with E-state index in [1.807, 2.05) is 0 Å². The molecule has 0 saturated carbocycles. The van der Waals surface area contributed by atoms with Crippen LogP contribution in [0.5, 0.6) is 11.6 Å². The Labute approximate surface area is 111 Å². The lowest BCUT2D eigenvalue weighted by atomic mass is 10.3. The van der Waals surface area contributed by atoms with Crippen LogP contribution in [0.1, 0.15) is 5.69 Å². The molecule has 0 amide bonds. The van der Waals surface area contributed by atoms with Crippen LogP contribution in [0.25, 0.3) is 0 Å². The molecule has 0 radical (unpaired) electrons. The molecule has 0 aliphatic rings. The van der Waals surface area contributed by atoms with Crippen molar-refractivity contribution >= 4 is 27.5 Å². The van der Waals surface area contributed by atoms with Crippen molar-refractivity contribution in [3.8, 4) is 11.6 Å². The molecule has 2 rings (SSSR count). The van der Waals surface area contributed by atoms with Gasteiger partial charge in [-0.2, -0.15) is 0 Å². The average Bonchev–Trinajstić information content (AvgIpc) is 2.35. The number of hydrogen-bond donors (Lipinski definition) is 0. The van der Waals surface area contributed by atoms with E-state index in [4.69, 9.17) is 16.3 Å². The number of alkyl halides is 1. The number of hydrogen-bond acceptors (Lipinski definition) is 3. The third kappa shape index (κ3) is 3.14. The van der Waals surface area contributed by atoms with Crippen molar-refractivity contribution in [2.24, 2.45) is 0 Å². The fourth-order valence-corrected chi connectivity index (χ4v) is 1.62. The Morgan fingerprint density at radius 3 is 2.71 bits per heavy atom. The van der Waals surface area contributed by atoms with Crippen LogP contribution >= 0.6 is 27.5 Å². The average molecular weight is 318 g/mol. The second-order valence-electron chi connectivity index (χ2n) is 3.16. The molecule has 0 N–H and O–H groups in total. The number of rotatable bonds is 3. The smallest absolute Gasteiger partial charge is 0.237 e. The highest BCUT2D eigenvalue weighted by atomic mass is 79.9. The Morgan fingerprint density at radius 2 is 2.12 bits per heavy atom. The lowest BCUT2D eigenvalue weighted by Crippen LogP contribution is -1.92. The Morgan fingerprint density at radius 1 is 1.29 bits per heavy atom. The summed E-state index contributed by atoms with van der Waals surface area (Å²) in [6.45, 7) is 0. The quantitative estimate of drug-likeness (QED) is 0.805. The molecule has 2 aromatic rings. The summed E-state index contributed by atoms with van der Waals surface area (Å²) in [5.41, 5.74) is 0.666. The number of nitrogens with zero attached hydrogens (tertiary/aromatic N) is 2. The van der Waals surface area contributed by atoms with Crippen molar-refractivity contribution < 1.29 is 9.13 Å². The first kappa shape index (κ1) is 12.3. The molecule has 6 heteroatoms. The van der Waals surface area contributed by atoms with Gasteiger partial charge in [0.2, 0.25) is 5.88 Å². The first-order valence-electron chi connectivity index (χ1n) is 4.69. The van der Waals surface area contributed by atoms with Crippen LogP contribution < -0.4 is 4.74 Å². The van der Waals surface area contributed by atoms with Gasteiger partial charge in [-0.3, -0.25) is 4.98 Å². The van der Waals surface area contributed by atoms with Crippen molar-refractivity contribution in [1.82, 2.24) is 9.97 Å². The van der Waals surface area contributed by atoms with Crippen molar-refractivity contribution in [1.29, 1.82) is 0 Å². The first-order valence-corrected chi connectivity index (χ1v) is 6.01. The molecular weight excluding hydrogens is 310 g/mol. The summed E-state index contributed by atoms with van der Waals surface area (Å²) in [5, 5.41) is 0. The predicted octanol–water partition coefficient (Wildman–Crippen LogP) is 3.91. The minimum absolute atomic E-state index is 0.301. The molecule has 0 bridgehead atoms. The largest absolute Gasteiger partial charge is 0.437 e. The summed E-state index contributed by atoms with van der Waals surface area (Å²) < 4.78 is 18.7. The van der Waals surface area contributed by atoms with Crippen LogP contribution in [0.15, 0.2) is 35.1 Å². The summed E-state index contributed by atoms with van der Waals surface area (Å²) in [6, 6.07) is 4.34. The number of halogens is 3. The molecule has 0 spiro atoms. The maximum absolute atomic E-state index is 13.0. The van der Waals surface area contributed by atoms with Gasteiger partial charge in [0, 0.05) is 0 Å². The highest BCUT2D eigenvalue weighted by Gasteiger charge is 2.03. The predicted molar refractivity (Wildman–Crippen MR) is 65.8 cm³/mol.